The van der Waals surface area contributed by atoms with E-state index >= 15 is 0 Å². The van der Waals surface area contributed by atoms with Gasteiger partial charge in [0.25, 0.3) is 0 Å². The minimum atomic E-state index is -0.622. The predicted octanol–water partition coefficient (Wildman–Crippen LogP) is 1.97. The maximum atomic E-state index is 11.0. The van der Waals surface area contributed by atoms with E-state index < -0.39 is 5.97 Å². The molecule has 3 heteroatoms. The second-order valence-electron chi connectivity index (χ2n) is 5.24. The van der Waals surface area contributed by atoms with Gasteiger partial charge in [0.1, 0.15) is 0 Å². The molecular formula is C12H21NO2. The highest BCUT2D eigenvalue weighted by atomic mass is 16.4. The number of hydrogen-bond acceptors (Lipinski definition) is 2. The van der Waals surface area contributed by atoms with Crippen molar-refractivity contribution in [2.24, 2.45) is 11.8 Å². The molecule has 0 aromatic rings. The number of carboxylic acid groups (broad SMARTS) is 1. The van der Waals surface area contributed by atoms with Gasteiger partial charge in [0.15, 0.2) is 0 Å². The summed E-state index contributed by atoms with van der Waals surface area (Å²) in [6.45, 7) is 5.28. The number of carboxylic acids is 1. The molecule has 0 aromatic heterocycles. The summed E-state index contributed by atoms with van der Waals surface area (Å²) in [6.07, 6.45) is 4.85. The Hall–Kier alpha value is -0.570. The highest BCUT2D eigenvalue weighted by Gasteiger charge is 2.38. The van der Waals surface area contributed by atoms with Crippen LogP contribution < -0.4 is 0 Å². The normalized spacial score (nSPS) is 34.3. The summed E-state index contributed by atoms with van der Waals surface area (Å²) >= 11 is 0. The Kier molecular flexibility index (Phi) is 3.01. The quantitative estimate of drug-likeness (QED) is 0.773. The summed E-state index contributed by atoms with van der Waals surface area (Å²) in [5, 5.41) is 9.05. The number of rotatable bonds is 4. The molecule has 0 spiro atoms. The maximum Gasteiger partial charge on any atom is 0.308 e. The van der Waals surface area contributed by atoms with Gasteiger partial charge in [-0.2, -0.15) is 0 Å². The van der Waals surface area contributed by atoms with Crippen molar-refractivity contribution in [1.82, 2.24) is 4.90 Å². The van der Waals surface area contributed by atoms with Crippen LogP contribution in [0.5, 0.6) is 0 Å². The van der Waals surface area contributed by atoms with Crippen LogP contribution >= 0.6 is 0 Å². The fourth-order valence-corrected chi connectivity index (χ4v) is 2.89. The maximum absolute atomic E-state index is 11.0. The van der Waals surface area contributed by atoms with Crippen LogP contribution in [0.15, 0.2) is 0 Å². The average Bonchev–Trinajstić information content (AvgIpc) is 2.86. The van der Waals surface area contributed by atoms with E-state index in [0.717, 1.165) is 18.9 Å². The lowest BCUT2D eigenvalue weighted by Crippen LogP contribution is -2.39. The van der Waals surface area contributed by atoms with Crippen molar-refractivity contribution in [2.45, 2.75) is 51.6 Å². The van der Waals surface area contributed by atoms with Crippen LogP contribution in [-0.4, -0.2) is 34.6 Å². The molecular weight excluding hydrogens is 190 g/mol. The van der Waals surface area contributed by atoms with Crippen molar-refractivity contribution >= 4 is 5.97 Å². The number of hydrogen-bond donors (Lipinski definition) is 1. The number of likely N-dealkylation sites (tertiary alicyclic amines) is 1. The van der Waals surface area contributed by atoms with Gasteiger partial charge in [-0.05, 0) is 39.2 Å². The summed E-state index contributed by atoms with van der Waals surface area (Å²) < 4.78 is 0. The second kappa shape index (κ2) is 4.12. The molecule has 0 amide bonds. The topological polar surface area (TPSA) is 40.5 Å². The first-order chi connectivity index (χ1) is 7.09. The smallest absolute Gasteiger partial charge is 0.308 e. The van der Waals surface area contributed by atoms with Crippen LogP contribution in [0.4, 0.5) is 0 Å². The number of aliphatic carboxylic acids is 1. The lowest BCUT2D eigenvalue weighted by atomic mass is 10.0. The molecule has 0 bridgehead atoms. The van der Waals surface area contributed by atoms with Crippen molar-refractivity contribution in [1.29, 1.82) is 0 Å². The van der Waals surface area contributed by atoms with Gasteiger partial charge in [-0.15, -0.1) is 0 Å². The van der Waals surface area contributed by atoms with Crippen LogP contribution in [0.2, 0.25) is 0 Å². The Morgan fingerprint density at radius 2 is 2.13 bits per heavy atom. The van der Waals surface area contributed by atoms with Gasteiger partial charge in [0, 0.05) is 12.1 Å². The average molecular weight is 211 g/mol. The summed E-state index contributed by atoms with van der Waals surface area (Å²) in [5.41, 5.74) is 0. The molecule has 1 heterocycles. The zero-order valence-corrected chi connectivity index (χ0v) is 9.65. The molecule has 3 atom stereocenters. The zero-order chi connectivity index (χ0) is 11.0. The zero-order valence-electron chi connectivity index (χ0n) is 9.65. The third kappa shape index (κ3) is 2.33. The highest BCUT2D eigenvalue weighted by Crippen LogP contribution is 2.36. The molecule has 1 saturated heterocycles. The summed E-state index contributed by atoms with van der Waals surface area (Å²) in [6, 6.07) is 0.785. The first kappa shape index (κ1) is 10.9. The lowest BCUT2D eigenvalue weighted by Gasteiger charge is -2.29. The van der Waals surface area contributed by atoms with Gasteiger partial charge in [0.2, 0.25) is 0 Å². The summed E-state index contributed by atoms with van der Waals surface area (Å²) in [4.78, 5) is 13.4. The van der Waals surface area contributed by atoms with E-state index in [1.165, 1.54) is 19.3 Å². The van der Waals surface area contributed by atoms with E-state index in [-0.39, 0.29) is 12.0 Å². The molecule has 2 fully saturated rings. The van der Waals surface area contributed by atoms with Gasteiger partial charge in [0.05, 0.1) is 5.92 Å². The SMILES string of the molecule is CC(CC1CC1)N1CCC(C(=O)O)C1C. The molecule has 1 N–H and O–H groups in total. The standard InChI is InChI=1S/C12H21NO2/c1-8(7-10-3-4-10)13-6-5-11(9(13)2)12(14)15/h8-11H,3-7H2,1-2H3,(H,14,15). The highest BCUT2D eigenvalue weighted by molar-refractivity contribution is 5.71. The minimum Gasteiger partial charge on any atom is -0.481 e. The predicted molar refractivity (Wildman–Crippen MR) is 58.7 cm³/mol. The van der Waals surface area contributed by atoms with Crippen LogP contribution in [0.3, 0.4) is 0 Å². The Balaban J connectivity index is 1.89. The van der Waals surface area contributed by atoms with Gasteiger partial charge in [-0.3, -0.25) is 9.69 Å². The second-order valence-corrected chi connectivity index (χ2v) is 5.24. The van der Waals surface area contributed by atoms with Crippen LogP contribution in [0.1, 0.15) is 39.5 Å². The third-order valence-electron chi connectivity index (χ3n) is 4.06. The van der Waals surface area contributed by atoms with E-state index in [2.05, 4.69) is 18.7 Å². The molecule has 1 saturated carbocycles. The Bertz CT molecular complexity index is 250. The van der Waals surface area contributed by atoms with Crippen molar-refractivity contribution in [3.05, 3.63) is 0 Å². The first-order valence-electron chi connectivity index (χ1n) is 6.08. The molecule has 1 aliphatic carbocycles. The molecule has 0 radical (unpaired) electrons. The van der Waals surface area contributed by atoms with E-state index in [4.69, 9.17) is 5.11 Å². The van der Waals surface area contributed by atoms with Crippen molar-refractivity contribution < 1.29 is 9.90 Å². The molecule has 2 rings (SSSR count). The Morgan fingerprint density at radius 3 is 2.60 bits per heavy atom. The lowest BCUT2D eigenvalue weighted by molar-refractivity contribution is -0.142. The van der Waals surface area contributed by atoms with Crippen molar-refractivity contribution in [3.8, 4) is 0 Å². The van der Waals surface area contributed by atoms with Crippen LogP contribution in [-0.2, 0) is 4.79 Å². The van der Waals surface area contributed by atoms with Crippen LogP contribution in [0, 0.1) is 11.8 Å². The molecule has 86 valence electrons. The molecule has 0 aromatic carbocycles. The molecule has 3 unspecified atom stereocenters. The first-order valence-corrected chi connectivity index (χ1v) is 6.08. The van der Waals surface area contributed by atoms with E-state index in [9.17, 15) is 4.79 Å². The fraction of sp³-hybridized carbons (Fsp3) is 0.917. The van der Waals surface area contributed by atoms with Crippen molar-refractivity contribution in [2.75, 3.05) is 6.54 Å². The third-order valence-corrected chi connectivity index (χ3v) is 4.06. The van der Waals surface area contributed by atoms with Gasteiger partial charge in [-0.1, -0.05) is 12.8 Å². The Morgan fingerprint density at radius 1 is 1.47 bits per heavy atom. The van der Waals surface area contributed by atoms with E-state index in [0.29, 0.717) is 6.04 Å². The molecule has 3 nitrogen and oxygen atoms in total. The Labute approximate surface area is 91.5 Å². The number of nitrogens with zero attached hydrogens (tertiary/aromatic N) is 1. The van der Waals surface area contributed by atoms with Gasteiger partial charge >= 0.3 is 5.97 Å². The van der Waals surface area contributed by atoms with Gasteiger partial charge < -0.3 is 5.11 Å². The number of carbonyl (C=O) groups is 1. The minimum absolute atomic E-state index is 0.147. The van der Waals surface area contributed by atoms with Crippen LogP contribution in [0.25, 0.3) is 0 Å². The molecule has 1 aliphatic heterocycles. The fourth-order valence-electron chi connectivity index (χ4n) is 2.89. The largest absolute Gasteiger partial charge is 0.481 e. The monoisotopic (exact) mass is 211 g/mol. The summed E-state index contributed by atoms with van der Waals surface area (Å²) in [5.74, 6) is 0.159. The van der Waals surface area contributed by atoms with E-state index in [1.54, 1.807) is 0 Å². The molecule has 15 heavy (non-hydrogen) atoms. The van der Waals surface area contributed by atoms with E-state index in [1.807, 2.05) is 0 Å². The molecule has 2 aliphatic rings. The van der Waals surface area contributed by atoms with Crippen molar-refractivity contribution in [3.63, 3.8) is 0 Å². The van der Waals surface area contributed by atoms with Gasteiger partial charge in [-0.25, -0.2) is 0 Å². The summed E-state index contributed by atoms with van der Waals surface area (Å²) in [7, 11) is 0.